The van der Waals surface area contributed by atoms with E-state index in [-0.39, 0.29) is 5.84 Å². The molecule has 0 bridgehead atoms. The summed E-state index contributed by atoms with van der Waals surface area (Å²) >= 11 is 7.70. The fourth-order valence-corrected chi connectivity index (χ4v) is 2.74. The third-order valence-corrected chi connectivity index (χ3v) is 4.01. The molecule has 1 aromatic carbocycles. The maximum Gasteiger partial charge on any atom is 0.171 e. The van der Waals surface area contributed by atoms with E-state index >= 15 is 0 Å². The third-order valence-electron chi connectivity index (χ3n) is 2.46. The number of aromatic nitrogens is 1. The van der Waals surface area contributed by atoms with Crippen molar-refractivity contribution in [3.8, 4) is 0 Å². The van der Waals surface area contributed by atoms with Gasteiger partial charge in [0.25, 0.3) is 0 Å². The molecule has 2 rings (SSSR count). The van der Waals surface area contributed by atoms with E-state index in [1.54, 1.807) is 12.3 Å². The van der Waals surface area contributed by atoms with Crippen LogP contribution < -0.4 is 5.73 Å². The Morgan fingerprint density at radius 2 is 2.05 bits per heavy atom. The van der Waals surface area contributed by atoms with Crippen LogP contribution in [0.5, 0.6) is 0 Å². The predicted octanol–water partition coefficient (Wildman–Crippen LogP) is 3.12. The molecule has 0 aliphatic heterocycles. The molecule has 3 N–H and O–H groups in total. The lowest BCUT2D eigenvalue weighted by atomic mass is 10.2. The van der Waals surface area contributed by atoms with Crippen molar-refractivity contribution in [1.82, 2.24) is 4.98 Å². The molecule has 2 aromatic rings. The molecule has 0 spiro atoms. The molecular formula is C13H12ClN3OS. The van der Waals surface area contributed by atoms with Crippen LogP contribution in [-0.2, 0) is 5.75 Å². The lowest BCUT2D eigenvalue weighted by Crippen LogP contribution is -2.14. The van der Waals surface area contributed by atoms with E-state index in [0.29, 0.717) is 15.6 Å². The minimum atomic E-state index is -0.0195. The third kappa shape index (κ3) is 3.39. The first-order valence-corrected chi connectivity index (χ1v) is 6.88. The quantitative estimate of drug-likeness (QED) is 0.299. The number of thioether (sulfide) groups is 1. The van der Waals surface area contributed by atoms with Gasteiger partial charge >= 0.3 is 0 Å². The topological polar surface area (TPSA) is 71.5 Å². The van der Waals surface area contributed by atoms with E-state index in [1.165, 1.54) is 17.3 Å². The Kier molecular flexibility index (Phi) is 4.65. The Bertz CT molecular complexity index is 590. The van der Waals surface area contributed by atoms with Crippen LogP contribution in [-0.4, -0.2) is 16.0 Å². The molecule has 1 heterocycles. The number of rotatable bonds is 4. The fraction of sp³-hybridized carbons (Fsp3) is 0.0769. The van der Waals surface area contributed by atoms with Crippen LogP contribution in [0.1, 0.15) is 11.1 Å². The molecule has 4 nitrogen and oxygen atoms in total. The zero-order valence-corrected chi connectivity index (χ0v) is 11.5. The molecule has 0 amide bonds. The number of amidine groups is 1. The van der Waals surface area contributed by atoms with Gasteiger partial charge in [0.2, 0.25) is 0 Å². The van der Waals surface area contributed by atoms with Gasteiger partial charge in [-0.05, 0) is 11.6 Å². The van der Waals surface area contributed by atoms with Crippen molar-refractivity contribution in [2.75, 3.05) is 0 Å². The molecule has 19 heavy (non-hydrogen) atoms. The molecule has 6 heteroatoms. The molecular weight excluding hydrogens is 282 g/mol. The summed E-state index contributed by atoms with van der Waals surface area (Å²) < 4.78 is 0. The predicted molar refractivity (Wildman–Crippen MR) is 77.8 cm³/mol. The number of hydrogen-bond donors (Lipinski definition) is 2. The van der Waals surface area contributed by atoms with Crippen LogP contribution in [0, 0.1) is 0 Å². The van der Waals surface area contributed by atoms with E-state index in [2.05, 4.69) is 10.1 Å². The van der Waals surface area contributed by atoms with Gasteiger partial charge in [-0.15, -0.1) is 11.8 Å². The highest BCUT2D eigenvalue weighted by Gasteiger charge is 2.11. The van der Waals surface area contributed by atoms with Crippen LogP contribution in [0.25, 0.3) is 0 Å². The summed E-state index contributed by atoms with van der Waals surface area (Å²) in [5.41, 5.74) is 7.21. The average molecular weight is 294 g/mol. The van der Waals surface area contributed by atoms with Gasteiger partial charge in [-0.1, -0.05) is 47.1 Å². The van der Waals surface area contributed by atoms with Crippen molar-refractivity contribution in [2.24, 2.45) is 10.9 Å². The zero-order chi connectivity index (χ0) is 13.7. The Morgan fingerprint density at radius 3 is 2.74 bits per heavy atom. The van der Waals surface area contributed by atoms with Crippen molar-refractivity contribution in [2.45, 2.75) is 10.8 Å². The SMILES string of the molecule is N/C(=N/O)c1ccnc(SCc2ccccc2)c1Cl. The smallest absolute Gasteiger partial charge is 0.171 e. The number of nitrogens with two attached hydrogens (primary N) is 1. The summed E-state index contributed by atoms with van der Waals surface area (Å²) in [7, 11) is 0. The van der Waals surface area contributed by atoms with Gasteiger partial charge in [-0.3, -0.25) is 0 Å². The normalized spacial score (nSPS) is 11.5. The zero-order valence-electron chi connectivity index (χ0n) is 9.95. The average Bonchev–Trinajstić information content (AvgIpc) is 2.46. The first-order chi connectivity index (χ1) is 9.22. The molecule has 0 atom stereocenters. The molecule has 0 saturated heterocycles. The summed E-state index contributed by atoms with van der Waals surface area (Å²) in [6.45, 7) is 0. The Balaban J connectivity index is 2.17. The maximum atomic E-state index is 8.69. The second-order valence-corrected chi connectivity index (χ2v) is 5.08. The number of nitrogens with zero attached hydrogens (tertiary/aromatic N) is 2. The van der Waals surface area contributed by atoms with Gasteiger partial charge < -0.3 is 10.9 Å². The number of hydrogen-bond acceptors (Lipinski definition) is 4. The monoisotopic (exact) mass is 293 g/mol. The van der Waals surface area contributed by atoms with Gasteiger partial charge in [0.05, 0.1) is 5.02 Å². The fourth-order valence-electron chi connectivity index (χ4n) is 1.50. The van der Waals surface area contributed by atoms with E-state index in [0.717, 1.165) is 5.75 Å². The van der Waals surface area contributed by atoms with Gasteiger partial charge in [0.15, 0.2) is 5.84 Å². The summed E-state index contributed by atoms with van der Waals surface area (Å²) in [5, 5.41) is 12.7. The van der Waals surface area contributed by atoms with Crippen LogP contribution in [0.4, 0.5) is 0 Å². The summed E-state index contributed by atoms with van der Waals surface area (Å²) in [4.78, 5) is 4.21. The van der Waals surface area contributed by atoms with Crippen LogP contribution in [0.15, 0.2) is 52.8 Å². The summed E-state index contributed by atoms with van der Waals surface area (Å²) in [6, 6.07) is 11.6. The van der Waals surface area contributed by atoms with Crippen molar-refractivity contribution in [3.63, 3.8) is 0 Å². The van der Waals surface area contributed by atoms with Crippen LogP contribution >= 0.6 is 23.4 Å². The standard InChI is InChI=1S/C13H12ClN3OS/c14-11-10(12(15)17-18)6-7-16-13(11)19-8-9-4-2-1-3-5-9/h1-7,18H,8H2,(H2,15,17). The molecule has 1 aromatic heterocycles. The highest BCUT2D eigenvalue weighted by Crippen LogP contribution is 2.30. The first-order valence-electron chi connectivity index (χ1n) is 5.51. The van der Waals surface area contributed by atoms with E-state index < -0.39 is 0 Å². The second-order valence-electron chi connectivity index (χ2n) is 3.74. The molecule has 0 fully saturated rings. The van der Waals surface area contributed by atoms with E-state index in [9.17, 15) is 0 Å². The summed E-state index contributed by atoms with van der Waals surface area (Å²) in [5.74, 6) is 0.738. The van der Waals surface area contributed by atoms with Crippen molar-refractivity contribution < 1.29 is 5.21 Å². The van der Waals surface area contributed by atoms with Gasteiger partial charge in [0, 0.05) is 17.5 Å². The minimum absolute atomic E-state index is 0.0195. The van der Waals surface area contributed by atoms with Crippen LogP contribution in [0.2, 0.25) is 5.02 Å². The molecule has 0 aliphatic rings. The maximum absolute atomic E-state index is 8.69. The van der Waals surface area contributed by atoms with Gasteiger partial charge in [-0.25, -0.2) is 4.98 Å². The lowest BCUT2D eigenvalue weighted by molar-refractivity contribution is 0.318. The minimum Gasteiger partial charge on any atom is -0.409 e. The molecule has 98 valence electrons. The Morgan fingerprint density at radius 1 is 1.32 bits per heavy atom. The lowest BCUT2D eigenvalue weighted by Gasteiger charge is -2.07. The van der Waals surface area contributed by atoms with Crippen molar-refractivity contribution in [3.05, 3.63) is 58.7 Å². The highest BCUT2D eigenvalue weighted by molar-refractivity contribution is 7.98. The van der Waals surface area contributed by atoms with Crippen LogP contribution in [0.3, 0.4) is 0 Å². The van der Waals surface area contributed by atoms with E-state index in [1.807, 2.05) is 30.3 Å². The van der Waals surface area contributed by atoms with E-state index in [4.69, 9.17) is 22.5 Å². The molecule has 0 aliphatic carbocycles. The molecule has 0 unspecified atom stereocenters. The first kappa shape index (κ1) is 13.7. The number of benzene rings is 1. The molecule has 0 saturated carbocycles. The highest BCUT2D eigenvalue weighted by atomic mass is 35.5. The number of halogens is 1. The Labute approximate surface area is 120 Å². The van der Waals surface area contributed by atoms with Gasteiger partial charge in [0.1, 0.15) is 5.03 Å². The summed E-state index contributed by atoms with van der Waals surface area (Å²) in [6.07, 6.45) is 1.59. The van der Waals surface area contributed by atoms with Crippen molar-refractivity contribution >= 4 is 29.2 Å². The number of pyridine rings is 1. The van der Waals surface area contributed by atoms with Gasteiger partial charge in [-0.2, -0.15) is 0 Å². The largest absolute Gasteiger partial charge is 0.409 e. The molecule has 0 radical (unpaired) electrons. The number of oxime groups is 1. The Hall–Kier alpha value is -1.72. The van der Waals surface area contributed by atoms with Crippen molar-refractivity contribution in [1.29, 1.82) is 0 Å². The second kappa shape index (κ2) is 6.45.